The van der Waals surface area contributed by atoms with Gasteiger partial charge in [0.05, 0.1) is 23.3 Å². The number of benzene rings is 2. The summed E-state index contributed by atoms with van der Waals surface area (Å²) in [5.74, 6) is 0.220. The van der Waals surface area contributed by atoms with Crippen molar-refractivity contribution < 1.29 is 17.9 Å². The first-order valence-electron chi connectivity index (χ1n) is 7.95. The maximum absolute atomic E-state index is 12.3. The minimum Gasteiger partial charge on any atom is -0.493 e. The van der Waals surface area contributed by atoms with E-state index in [4.69, 9.17) is 16.3 Å². The van der Waals surface area contributed by atoms with Crippen LogP contribution >= 0.6 is 11.6 Å². The number of fused-ring (bicyclic) bond motifs is 1. The molecule has 0 spiro atoms. The summed E-state index contributed by atoms with van der Waals surface area (Å²) >= 11 is 5.77. The van der Waals surface area contributed by atoms with Crippen LogP contribution in [0.4, 0.5) is 0 Å². The van der Waals surface area contributed by atoms with Crippen LogP contribution in [0.3, 0.4) is 0 Å². The topological polar surface area (TPSA) is 72.5 Å². The molecular weight excluding hydrogens is 362 g/mol. The van der Waals surface area contributed by atoms with Crippen LogP contribution in [0.5, 0.6) is 5.75 Å². The third-order valence-electron chi connectivity index (χ3n) is 4.06. The quantitative estimate of drug-likeness (QED) is 0.866. The van der Waals surface area contributed by atoms with E-state index in [-0.39, 0.29) is 29.0 Å². The molecule has 0 bridgehead atoms. The minimum absolute atomic E-state index is 0.0928. The Morgan fingerprint density at radius 1 is 1.16 bits per heavy atom. The van der Waals surface area contributed by atoms with Gasteiger partial charge in [-0.05, 0) is 30.3 Å². The molecule has 1 atom stereocenters. The van der Waals surface area contributed by atoms with Gasteiger partial charge >= 0.3 is 0 Å². The number of halogens is 1. The highest BCUT2D eigenvalue weighted by Crippen LogP contribution is 2.31. The largest absolute Gasteiger partial charge is 0.493 e. The standard InChI is InChI=1S/C18H18ClNO4S/c19-13-5-7-14(8-6-13)25(22,23)12-10-18(21)20-16-9-11-24-17-4-2-1-3-15(16)17/h1-8,16H,9-12H2,(H,20,21). The molecule has 0 aromatic heterocycles. The van der Waals surface area contributed by atoms with Gasteiger partial charge in [0, 0.05) is 23.4 Å². The zero-order chi connectivity index (χ0) is 17.9. The SMILES string of the molecule is O=C(CCS(=O)(=O)c1ccc(Cl)cc1)NC1CCOc2ccccc21. The first-order valence-corrected chi connectivity index (χ1v) is 9.98. The molecule has 0 saturated carbocycles. The second kappa shape index (κ2) is 7.45. The summed E-state index contributed by atoms with van der Waals surface area (Å²) in [5, 5.41) is 3.37. The molecule has 5 nitrogen and oxygen atoms in total. The van der Waals surface area contributed by atoms with Crippen molar-refractivity contribution in [2.24, 2.45) is 0 Å². The van der Waals surface area contributed by atoms with Crippen LogP contribution in [0.1, 0.15) is 24.4 Å². The highest BCUT2D eigenvalue weighted by atomic mass is 35.5. The van der Waals surface area contributed by atoms with Gasteiger partial charge in [0.25, 0.3) is 0 Å². The fraction of sp³-hybridized carbons (Fsp3) is 0.278. The average Bonchev–Trinajstić information content (AvgIpc) is 2.61. The maximum atomic E-state index is 12.3. The number of carbonyl (C=O) groups is 1. The van der Waals surface area contributed by atoms with E-state index in [1.54, 1.807) is 0 Å². The molecular formula is C18H18ClNO4S. The zero-order valence-corrected chi connectivity index (χ0v) is 15.0. The number of para-hydroxylation sites is 1. The third kappa shape index (κ3) is 4.32. The Labute approximate surface area is 151 Å². The number of carbonyl (C=O) groups excluding carboxylic acids is 1. The van der Waals surface area contributed by atoms with Crippen molar-refractivity contribution in [3.05, 3.63) is 59.1 Å². The molecule has 0 aliphatic carbocycles. The lowest BCUT2D eigenvalue weighted by Crippen LogP contribution is -2.33. The molecule has 2 aromatic rings. The third-order valence-corrected chi connectivity index (χ3v) is 6.05. The summed E-state index contributed by atoms with van der Waals surface area (Å²) < 4.78 is 30.1. The van der Waals surface area contributed by atoms with Gasteiger partial charge in [0.1, 0.15) is 5.75 Å². The van der Waals surface area contributed by atoms with Gasteiger partial charge in [-0.25, -0.2) is 8.42 Å². The zero-order valence-electron chi connectivity index (χ0n) is 13.4. The number of sulfone groups is 1. The van der Waals surface area contributed by atoms with E-state index < -0.39 is 9.84 Å². The summed E-state index contributed by atoms with van der Waals surface area (Å²) in [6, 6.07) is 13.3. The Morgan fingerprint density at radius 2 is 1.88 bits per heavy atom. The minimum atomic E-state index is -3.52. The van der Waals surface area contributed by atoms with Gasteiger partial charge in [-0.1, -0.05) is 29.8 Å². The molecule has 1 unspecified atom stereocenters. The van der Waals surface area contributed by atoms with Crippen molar-refractivity contribution in [3.8, 4) is 5.75 Å². The summed E-state index contributed by atoms with van der Waals surface area (Å²) in [4.78, 5) is 12.4. The van der Waals surface area contributed by atoms with Gasteiger partial charge in [-0.15, -0.1) is 0 Å². The molecule has 2 aromatic carbocycles. The van der Waals surface area contributed by atoms with Crippen LogP contribution in [0, 0.1) is 0 Å². The van der Waals surface area contributed by atoms with Crippen molar-refractivity contribution in [3.63, 3.8) is 0 Å². The maximum Gasteiger partial charge on any atom is 0.221 e. The van der Waals surface area contributed by atoms with E-state index in [2.05, 4.69) is 5.32 Å². The predicted molar refractivity (Wildman–Crippen MR) is 95.6 cm³/mol. The van der Waals surface area contributed by atoms with E-state index in [0.29, 0.717) is 18.1 Å². The molecule has 0 fully saturated rings. The summed E-state index contributed by atoms with van der Waals surface area (Å²) in [7, 11) is -3.52. The fourth-order valence-corrected chi connectivity index (χ4v) is 4.11. The number of rotatable bonds is 5. The molecule has 3 rings (SSSR count). The van der Waals surface area contributed by atoms with Crippen LogP contribution in [-0.4, -0.2) is 26.7 Å². The summed E-state index contributed by atoms with van der Waals surface area (Å²) in [6.45, 7) is 0.519. The normalized spacial score (nSPS) is 16.6. The second-order valence-electron chi connectivity index (χ2n) is 5.82. The Balaban J connectivity index is 1.61. The molecule has 1 aliphatic heterocycles. The van der Waals surface area contributed by atoms with Crippen molar-refractivity contribution in [2.45, 2.75) is 23.8 Å². The van der Waals surface area contributed by atoms with Crippen LogP contribution in [0.2, 0.25) is 5.02 Å². The monoisotopic (exact) mass is 379 g/mol. The van der Waals surface area contributed by atoms with Crippen LogP contribution in [0.25, 0.3) is 0 Å². The van der Waals surface area contributed by atoms with E-state index in [1.165, 1.54) is 24.3 Å². The molecule has 0 saturated heterocycles. The van der Waals surface area contributed by atoms with Crippen LogP contribution in [0.15, 0.2) is 53.4 Å². The van der Waals surface area contributed by atoms with Crippen LogP contribution in [-0.2, 0) is 14.6 Å². The second-order valence-corrected chi connectivity index (χ2v) is 8.36. The first-order chi connectivity index (χ1) is 12.0. The van der Waals surface area contributed by atoms with E-state index in [9.17, 15) is 13.2 Å². The van der Waals surface area contributed by atoms with Gasteiger partial charge in [-0.3, -0.25) is 4.79 Å². The highest BCUT2D eigenvalue weighted by molar-refractivity contribution is 7.91. The lowest BCUT2D eigenvalue weighted by Gasteiger charge is -2.26. The van der Waals surface area contributed by atoms with Crippen molar-refractivity contribution >= 4 is 27.3 Å². The predicted octanol–water partition coefficient (Wildman–Crippen LogP) is 3.14. The Morgan fingerprint density at radius 3 is 2.64 bits per heavy atom. The first kappa shape index (κ1) is 17.8. The molecule has 25 heavy (non-hydrogen) atoms. The number of nitrogens with one attached hydrogen (secondary N) is 1. The van der Waals surface area contributed by atoms with E-state index in [0.717, 1.165) is 11.3 Å². The summed E-state index contributed by atoms with van der Waals surface area (Å²) in [6.07, 6.45) is 0.567. The summed E-state index contributed by atoms with van der Waals surface area (Å²) in [5.41, 5.74) is 0.919. The number of ether oxygens (including phenoxy) is 1. The van der Waals surface area contributed by atoms with Gasteiger partial charge in [0.2, 0.25) is 5.91 Å². The van der Waals surface area contributed by atoms with Gasteiger partial charge in [0.15, 0.2) is 9.84 Å². The lowest BCUT2D eigenvalue weighted by atomic mass is 10.0. The molecule has 132 valence electrons. The van der Waals surface area contributed by atoms with E-state index in [1.807, 2.05) is 24.3 Å². The lowest BCUT2D eigenvalue weighted by molar-refractivity contribution is -0.121. The van der Waals surface area contributed by atoms with Gasteiger partial charge < -0.3 is 10.1 Å². The Bertz CT molecular complexity index is 865. The number of hydrogen-bond acceptors (Lipinski definition) is 4. The molecule has 1 heterocycles. The van der Waals surface area contributed by atoms with Gasteiger partial charge in [-0.2, -0.15) is 0 Å². The molecule has 7 heteroatoms. The Kier molecular flexibility index (Phi) is 5.30. The number of amides is 1. The van der Waals surface area contributed by atoms with Crippen LogP contribution < -0.4 is 10.1 Å². The fourth-order valence-electron chi connectivity index (χ4n) is 2.75. The Hall–Kier alpha value is -2.05. The highest BCUT2D eigenvalue weighted by Gasteiger charge is 2.23. The number of hydrogen-bond donors (Lipinski definition) is 1. The molecule has 1 amide bonds. The average molecular weight is 380 g/mol. The van der Waals surface area contributed by atoms with Crippen molar-refractivity contribution in [2.75, 3.05) is 12.4 Å². The molecule has 1 N–H and O–H groups in total. The smallest absolute Gasteiger partial charge is 0.221 e. The van der Waals surface area contributed by atoms with Crippen molar-refractivity contribution in [1.29, 1.82) is 0 Å². The van der Waals surface area contributed by atoms with E-state index >= 15 is 0 Å². The van der Waals surface area contributed by atoms with Crippen molar-refractivity contribution in [1.82, 2.24) is 5.32 Å². The molecule has 1 aliphatic rings. The molecule has 0 radical (unpaired) electrons.